The van der Waals surface area contributed by atoms with Gasteiger partial charge in [0.25, 0.3) is 0 Å². The van der Waals surface area contributed by atoms with Crippen LogP contribution in [-0.4, -0.2) is 50.4 Å². The highest BCUT2D eigenvalue weighted by atomic mass is 127. The smallest absolute Gasteiger partial charge is 0.191 e. The molecule has 1 aliphatic heterocycles. The summed E-state index contributed by atoms with van der Waals surface area (Å²) in [5.74, 6) is 1.24. The molecule has 0 spiro atoms. The van der Waals surface area contributed by atoms with Gasteiger partial charge in [0.2, 0.25) is 0 Å². The van der Waals surface area contributed by atoms with Crippen molar-refractivity contribution in [2.24, 2.45) is 16.6 Å². The normalized spacial score (nSPS) is 17.9. The lowest BCUT2D eigenvalue weighted by Gasteiger charge is -2.31. The van der Waals surface area contributed by atoms with Gasteiger partial charge in [0.15, 0.2) is 15.8 Å². The zero-order valence-electron chi connectivity index (χ0n) is 11.4. The van der Waals surface area contributed by atoms with E-state index >= 15 is 0 Å². The van der Waals surface area contributed by atoms with Crippen LogP contribution in [0.2, 0.25) is 0 Å². The minimum absolute atomic E-state index is 0. The predicted octanol–water partition coefficient (Wildman–Crippen LogP) is 1.25. The summed E-state index contributed by atoms with van der Waals surface area (Å²) >= 11 is 0. The Morgan fingerprint density at radius 1 is 1.47 bits per heavy atom. The third-order valence-electron chi connectivity index (χ3n) is 3.16. The summed E-state index contributed by atoms with van der Waals surface area (Å²) < 4.78 is 22.9. The number of halogens is 1. The molecule has 5 nitrogen and oxygen atoms in total. The zero-order chi connectivity index (χ0) is 13.6. The molecule has 0 aromatic heterocycles. The van der Waals surface area contributed by atoms with Crippen LogP contribution in [0.1, 0.15) is 19.8 Å². The van der Waals surface area contributed by atoms with Gasteiger partial charge in [-0.15, -0.1) is 30.6 Å². The molecule has 0 aliphatic carbocycles. The van der Waals surface area contributed by atoms with Crippen molar-refractivity contribution in [3.8, 4) is 0 Å². The Hall–Kier alpha value is -0.310. The average molecular weight is 401 g/mol. The zero-order valence-corrected chi connectivity index (χ0v) is 14.6. The summed E-state index contributed by atoms with van der Waals surface area (Å²) in [7, 11) is -3.07. The lowest BCUT2D eigenvalue weighted by molar-refractivity contribution is 0.278. The van der Waals surface area contributed by atoms with E-state index in [1.165, 1.54) is 6.08 Å². The van der Waals surface area contributed by atoms with Crippen LogP contribution >= 0.6 is 24.0 Å². The third kappa shape index (κ3) is 7.14. The van der Waals surface area contributed by atoms with Crippen LogP contribution in [0.5, 0.6) is 0 Å². The van der Waals surface area contributed by atoms with Gasteiger partial charge in [0.05, 0.1) is 18.1 Å². The van der Waals surface area contributed by atoms with Crippen LogP contribution in [0.25, 0.3) is 0 Å². The molecule has 0 saturated carbocycles. The molecule has 1 aliphatic rings. The predicted molar refractivity (Wildman–Crippen MR) is 90.7 cm³/mol. The minimum atomic E-state index is -3.07. The fourth-order valence-corrected chi connectivity index (χ4v) is 2.80. The average Bonchev–Trinajstić information content (AvgIpc) is 2.29. The molecule has 0 aromatic rings. The molecule has 1 rings (SSSR count). The molecule has 1 heterocycles. The SMILES string of the molecule is C=CCS(=O)(=O)CCN=C(N)N1CCC(C)CC1.I. The maximum Gasteiger partial charge on any atom is 0.191 e. The summed E-state index contributed by atoms with van der Waals surface area (Å²) in [4.78, 5) is 6.18. The number of hydrogen-bond acceptors (Lipinski definition) is 3. The summed E-state index contributed by atoms with van der Waals surface area (Å²) in [6.45, 7) is 7.71. The van der Waals surface area contributed by atoms with Crippen LogP contribution in [-0.2, 0) is 9.84 Å². The van der Waals surface area contributed by atoms with Crippen LogP contribution in [0, 0.1) is 5.92 Å². The molecule has 7 heteroatoms. The second-order valence-corrected chi connectivity index (χ2v) is 7.04. The number of piperidine rings is 1. The summed E-state index contributed by atoms with van der Waals surface area (Å²) in [6, 6.07) is 0. The molecular formula is C12H24IN3O2S. The minimum Gasteiger partial charge on any atom is -0.370 e. The Kier molecular flexibility index (Phi) is 8.64. The third-order valence-corrected chi connectivity index (χ3v) is 4.70. The Morgan fingerprint density at radius 2 is 2.05 bits per heavy atom. The molecule has 112 valence electrons. The van der Waals surface area contributed by atoms with Crippen LogP contribution in [0.15, 0.2) is 17.6 Å². The monoisotopic (exact) mass is 401 g/mol. The van der Waals surface area contributed by atoms with E-state index in [2.05, 4.69) is 18.5 Å². The largest absolute Gasteiger partial charge is 0.370 e. The topological polar surface area (TPSA) is 75.8 Å². The van der Waals surface area contributed by atoms with Crippen molar-refractivity contribution in [3.63, 3.8) is 0 Å². The van der Waals surface area contributed by atoms with E-state index in [0.29, 0.717) is 5.96 Å². The number of nitrogens with zero attached hydrogens (tertiary/aromatic N) is 2. The van der Waals surface area contributed by atoms with Gasteiger partial charge in [-0.05, 0) is 18.8 Å². The van der Waals surface area contributed by atoms with E-state index in [4.69, 9.17) is 5.73 Å². The maximum atomic E-state index is 11.4. The highest BCUT2D eigenvalue weighted by Gasteiger charge is 2.17. The standard InChI is InChI=1S/C12H23N3O2S.HI/c1-3-9-18(16,17)10-6-14-12(13)15-7-4-11(2)5-8-15;/h3,11H,1,4-10H2,2H3,(H2,13,14);1H. The molecule has 1 saturated heterocycles. The number of likely N-dealkylation sites (tertiary alicyclic amines) is 1. The second kappa shape index (κ2) is 8.78. The van der Waals surface area contributed by atoms with Crippen molar-refractivity contribution in [3.05, 3.63) is 12.7 Å². The molecule has 1 fully saturated rings. The van der Waals surface area contributed by atoms with Crippen molar-refractivity contribution in [2.75, 3.05) is 31.1 Å². The van der Waals surface area contributed by atoms with Crippen LogP contribution < -0.4 is 5.73 Å². The highest BCUT2D eigenvalue weighted by molar-refractivity contribution is 14.0. The number of sulfone groups is 1. The molecule has 0 atom stereocenters. The lowest BCUT2D eigenvalue weighted by atomic mass is 10.00. The van der Waals surface area contributed by atoms with Crippen molar-refractivity contribution in [1.29, 1.82) is 0 Å². The second-order valence-electron chi connectivity index (χ2n) is 4.81. The first-order valence-corrected chi connectivity index (χ1v) is 8.13. The fraction of sp³-hybridized carbons (Fsp3) is 0.750. The van der Waals surface area contributed by atoms with Crippen molar-refractivity contribution < 1.29 is 8.42 Å². The Labute approximate surface area is 133 Å². The lowest BCUT2D eigenvalue weighted by Crippen LogP contribution is -2.42. The van der Waals surface area contributed by atoms with Gasteiger partial charge in [-0.2, -0.15) is 0 Å². The molecule has 0 amide bonds. The summed E-state index contributed by atoms with van der Waals surface area (Å²) in [5, 5.41) is 0. The Bertz CT molecular complexity index is 401. The number of nitrogens with two attached hydrogens (primary N) is 1. The van der Waals surface area contributed by atoms with Crippen molar-refractivity contribution in [1.82, 2.24) is 4.90 Å². The van der Waals surface area contributed by atoms with Gasteiger partial charge in [-0.3, -0.25) is 4.99 Å². The molecule has 0 bridgehead atoms. The molecule has 0 unspecified atom stereocenters. The Balaban J connectivity index is 0.00000324. The summed E-state index contributed by atoms with van der Waals surface area (Å²) in [6.07, 6.45) is 3.63. The van der Waals surface area contributed by atoms with Crippen molar-refractivity contribution in [2.45, 2.75) is 19.8 Å². The molecule has 2 N–H and O–H groups in total. The highest BCUT2D eigenvalue weighted by Crippen LogP contribution is 2.15. The molecule has 0 radical (unpaired) electrons. The first-order chi connectivity index (χ1) is 8.44. The maximum absolute atomic E-state index is 11.4. The Morgan fingerprint density at radius 3 is 2.58 bits per heavy atom. The number of guanidine groups is 1. The van der Waals surface area contributed by atoms with Crippen LogP contribution in [0.3, 0.4) is 0 Å². The van der Waals surface area contributed by atoms with Gasteiger partial charge >= 0.3 is 0 Å². The number of aliphatic imine (C=N–C) groups is 1. The van der Waals surface area contributed by atoms with Crippen LogP contribution in [0.4, 0.5) is 0 Å². The molecule has 19 heavy (non-hydrogen) atoms. The van der Waals surface area contributed by atoms with E-state index in [0.717, 1.165) is 31.8 Å². The van der Waals surface area contributed by atoms with E-state index in [-0.39, 0.29) is 42.0 Å². The van der Waals surface area contributed by atoms with Gasteiger partial charge < -0.3 is 10.6 Å². The van der Waals surface area contributed by atoms with Gasteiger partial charge in [-0.25, -0.2) is 8.42 Å². The van der Waals surface area contributed by atoms with E-state index in [1.54, 1.807) is 0 Å². The number of rotatable bonds is 5. The quantitative estimate of drug-likeness (QED) is 0.326. The number of hydrogen-bond donors (Lipinski definition) is 1. The van der Waals surface area contributed by atoms with Crippen molar-refractivity contribution >= 4 is 39.8 Å². The van der Waals surface area contributed by atoms with Gasteiger partial charge in [0.1, 0.15) is 0 Å². The summed E-state index contributed by atoms with van der Waals surface area (Å²) in [5.41, 5.74) is 5.86. The molecular weight excluding hydrogens is 377 g/mol. The van der Waals surface area contributed by atoms with E-state index in [9.17, 15) is 8.42 Å². The van der Waals surface area contributed by atoms with E-state index in [1.807, 2.05) is 4.90 Å². The fourth-order valence-electron chi connectivity index (χ4n) is 1.90. The molecule has 0 aromatic carbocycles. The van der Waals surface area contributed by atoms with E-state index < -0.39 is 9.84 Å². The van der Waals surface area contributed by atoms with Gasteiger partial charge in [0, 0.05) is 13.1 Å². The van der Waals surface area contributed by atoms with Gasteiger partial charge in [-0.1, -0.05) is 13.0 Å². The first-order valence-electron chi connectivity index (χ1n) is 6.31. The first kappa shape index (κ1) is 18.7.